The lowest BCUT2D eigenvalue weighted by Gasteiger charge is -2.29. The van der Waals surface area contributed by atoms with Gasteiger partial charge in [-0.05, 0) is 79.5 Å². The third-order valence-corrected chi connectivity index (χ3v) is 8.20. The molecule has 0 radical (unpaired) electrons. The van der Waals surface area contributed by atoms with E-state index in [-0.39, 0.29) is 42.3 Å². The maximum atomic E-state index is 15.1. The Labute approximate surface area is 270 Å². The Hall–Kier alpha value is -3.76. The minimum Gasteiger partial charge on any atom is -0.493 e. The molecule has 1 aliphatic rings. The first-order chi connectivity index (χ1) is 22.1. The lowest BCUT2D eigenvalue weighted by atomic mass is 9.77. The summed E-state index contributed by atoms with van der Waals surface area (Å²) in [6.45, 7) is 7.30. The third kappa shape index (κ3) is 11.6. The average molecular weight is 645 g/mol. The van der Waals surface area contributed by atoms with Crippen LogP contribution in [0.1, 0.15) is 75.3 Å². The minimum absolute atomic E-state index is 0.0627. The van der Waals surface area contributed by atoms with Crippen LogP contribution in [0.4, 0.5) is 8.78 Å². The van der Waals surface area contributed by atoms with Crippen LogP contribution in [-0.2, 0) is 25.2 Å². The van der Waals surface area contributed by atoms with Crippen molar-refractivity contribution >= 4 is 11.9 Å². The number of benzene rings is 2. The molecule has 3 rings (SSSR count). The zero-order chi connectivity index (χ0) is 33.5. The maximum Gasteiger partial charge on any atom is 0.426 e. The van der Waals surface area contributed by atoms with Gasteiger partial charge in [0.25, 0.3) is 0 Å². The molecule has 1 fully saturated rings. The Morgan fingerprint density at radius 3 is 1.89 bits per heavy atom. The van der Waals surface area contributed by atoms with Crippen LogP contribution in [0.5, 0.6) is 11.5 Å². The molecule has 1 saturated carbocycles. The molecule has 1 aliphatic carbocycles. The van der Waals surface area contributed by atoms with E-state index in [2.05, 4.69) is 20.1 Å². The quantitative estimate of drug-likeness (QED) is 0.0971. The van der Waals surface area contributed by atoms with E-state index in [0.717, 1.165) is 24.3 Å². The molecule has 0 bridgehead atoms. The predicted molar refractivity (Wildman–Crippen MR) is 170 cm³/mol. The van der Waals surface area contributed by atoms with E-state index < -0.39 is 37.2 Å². The fraction of sp³-hybridized carbons (Fsp3) is 0.500. The molecule has 2 aromatic carbocycles. The molecule has 0 aliphatic heterocycles. The van der Waals surface area contributed by atoms with Gasteiger partial charge in [0.1, 0.15) is 24.7 Å². The zero-order valence-corrected chi connectivity index (χ0v) is 26.6. The summed E-state index contributed by atoms with van der Waals surface area (Å²) in [5, 5.41) is 18.1. The normalized spacial score (nSPS) is 16.5. The minimum atomic E-state index is -3.55. The molecule has 0 unspecified atom stereocenters. The number of unbranched alkanes of at least 4 members (excludes halogenated alkanes) is 2. The van der Waals surface area contributed by atoms with Gasteiger partial charge in [0.05, 0.1) is 42.4 Å². The number of aliphatic hydroxyl groups excluding tert-OH is 2. The highest BCUT2D eigenvalue weighted by Gasteiger charge is 2.35. The van der Waals surface area contributed by atoms with Gasteiger partial charge in [-0.3, -0.25) is 0 Å². The van der Waals surface area contributed by atoms with Gasteiger partial charge in [-0.15, -0.1) is 0 Å². The summed E-state index contributed by atoms with van der Waals surface area (Å²) in [6, 6.07) is 12.0. The molecule has 0 saturated heterocycles. The third-order valence-electron chi connectivity index (χ3n) is 8.20. The van der Waals surface area contributed by atoms with Crippen molar-refractivity contribution in [2.45, 2.75) is 70.3 Å². The molecule has 252 valence electrons. The summed E-state index contributed by atoms with van der Waals surface area (Å²) in [5.74, 6) is -0.863. The van der Waals surface area contributed by atoms with E-state index in [9.17, 15) is 9.59 Å². The van der Waals surface area contributed by atoms with Crippen molar-refractivity contribution in [2.24, 2.45) is 11.8 Å². The second kappa shape index (κ2) is 18.4. The van der Waals surface area contributed by atoms with E-state index in [1.807, 2.05) is 0 Å². The molecule has 0 atom stereocenters. The Balaban J connectivity index is 1.53. The molecule has 0 spiro atoms. The van der Waals surface area contributed by atoms with Crippen molar-refractivity contribution in [3.63, 3.8) is 0 Å². The second-order valence-electron chi connectivity index (χ2n) is 11.8. The molecule has 0 amide bonds. The number of alkyl halides is 2. The van der Waals surface area contributed by atoms with Gasteiger partial charge in [0.2, 0.25) is 0 Å². The van der Waals surface area contributed by atoms with Crippen molar-refractivity contribution in [3.05, 3.63) is 84.0 Å². The van der Waals surface area contributed by atoms with Crippen LogP contribution in [0.25, 0.3) is 0 Å². The topological polar surface area (TPSA) is 112 Å². The zero-order valence-electron chi connectivity index (χ0n) is 26.6. The maximum absolute atomic E-state index is 15.1. The summed E-state index contributed by atoms with van der Waals surface area (Å²) in [7, 11) is 0. The first-order valence-corrected chi connectivity index (χ1v) is 15.9. The van der Waals surface area contributed by atoms with Gasteiger partial charge in [0.15, 0.2) is 0 Å². The van der Waals surface area contributed by atoms with Crippen LogP contribution in [0, 0.1) is 11.8 Å². The Bertz CT molecular complexity index is 1240. The highest BCUT2D eigenvalue weighted by molar-refractivity contribution is 5.88. The van der Waals surface area contributed by atoms with Crippen molar-refractivity contribution in [1.82, 2.24) is 0 Å². The van der Waals surface area contributed by atoms with E-state index in [0.29, 0.717) is 11.7 Å². The SMILES string of the molecule is C=C(CO)C(=O)OCC(COC(=O)C(=C)CO)COc1ccc(OC(F)(F)c2ccc(C3CCC(CCCCC)CC3)cc2)cc1. The summed E-state index contributed by atoms with van der Waals surface area (Å²) in [5.41, 5.74) is 0.560. The monoisotopic (exact) mass is 644 g/mol. The summed E-state index contributed by atoms with van der Waals surface area (Å²) in [4.78, 5) is 23.8. The highest BCUT2D eigenvalue weighted by atomic mass is 19.3. The Morgan fingerprint density at radius 1 is 0.826 bits per heavy atom. The number of aliphatic hydroxyl groups is 2. The smallest absolute Gasteiger partial charge is 0.426 e. The standard InChI is InChI=1S/C36H46F2O8/c1-4-5-6-7-27-8-10-29(11-9-27)30-12-14-31(15-13-30)36(37,38)46-33-18-16-32(17-19-33)43-22-28(23-44-34(41)25(2)20-39)24-45-35(42)26(3)21-40/h12-19,27-29,39-40H,2-11,20-24H2,1H3. The van der Waals surface area contributed by atoms with Crippen molar-refractivity contribution in [2.75, 3.05) is 33.0 Å². The molecule has 0 aromatic heterocycles. The van der Waals surface area contributed by atoms with E-state index in [1.54, 1.807) is 12.1 Å². The van der Waals surface area contributed by atoms with E-state index in [1.165, 1.54) is 74.9 Å². The van der Waals surface area contributed by atoms with Crippen LogP contribution in [0.3, 0.4) is 0 Å². The highest BCUT2D eigenvalue weighted by Crippen LogP contribution is 2.39. The number of hydrogen-bond donors (Lipinski definition) is 2. The summed E-state index contributed by atoms with van der Waals surface area (Å²) < 4.78 is 51.1. The van der Waals surface area contributed by atoms with Gasteiger partial charge in [-0.1, -0.05) is 57.9 Å². The molecule has 8 nitrogen and oxygen atoms in total. The number of hydrogen-bond acceptors (Lipinski definition) is 8. The van der Waals surface area contributed by atoms with Crippen molar-refractivity contribution < 1.29 is 47.5 Å². The number of halogens is 2. The summed E-state index contributed by atoms with van der Waals surface area (Å²) in [6.07, 6.45) is 6.11. The number of ether oxygens (including phenoxy) is 4. The van der Waals surface area contributed by atoms with Crippen LogP contribution >= 0.6 is 0 Å². The van der Waals surface area contributed by atoms with E-state index in [4.69, 9.17) is 29.2 Å². The number of esters is 2. The average Bonchev–Trinajstić information content (AvgIpc) is 3.07. The van der Waals surface area contributed by atoms with Crippen LogP contribution < -0.4 is 9.47 Å². The van der Waals surface area contributed by atoms with Crippen LogP contribution in [0.15, 0.2) is 72.8 Å². The molecule has 46 heavy (non-hydrogen) atoms. The number of carbonyl (C=O) groups excluding carboxylic acids is 2. The van der Waals surface area contributed by atoms with Crippen LogP contribution in [0.2, 0.25) is 0 Å². The van der Waals surface area contributed by atoms with Crippen molar-refractivity contribution in [1.29, 1.82) is 0 Å². The predicted octanol–water partition coefficient (Wildman–Crippen LogP) is 6.85. The lowest BCUT2D eigenvalue weighted by molar-refractivity contribution is -0.185. The van der Waals surface area contributed by atoms with Gasteiger partial charge < -0.3 is 29.2 Å². The molecular formula is C36H46F2O8. The number of rotatable bonds is 19. The molecule has 2 aromatic rings. The second-order valence-corrected chi connectivity index (χ2v) is 11.8. The Kier molecular flexibility index (Phi) is 14.7. The van der Waals surface area contributed by atoms with E-state index >= 15 is 8.78 Å². The summed E-state index contributed by atoms with van der Waals surface area (Å²) >= 11 is 0. The first kappa shape index (κ1) is 36.7. The van der Waals surface area contributed by atoms with Gasteiger partial charge in [0, 0.05) is 0 Å². The molecule has 0 heterocycles. The molecule has 2 N–H and O–H groups in total. The lowest BCUT2D eigenvalue weighted by Crippen LogP contribution is -2.27. The fourth-order valence-electron chi connectivity index (χ4n) is 5.31. The fourth-order valence-corrected chi connectivity index (χ4v) is 5.31. The number of carbonyl (C=O) groups is 2. The van der Waals surface area contributed by atoms with Gasteiger partial charge in [-0.2, -0.15) is 8.78 Å². The van der Waals surface area contributed by atoms with Gasteiger partial charge >= 0.3 is 18.0 Å². The first-order valence-electron chi connectivity index (χ1n) is 15.9. The van der Waals surface area contributed by atoms with Crippen LogP contribution in [-0.4, -0.2) is 55.2 Å². The van der Waals surface area contributed by atoms with Gasteiger partial charge in [-0.25, -0.2) is 9.59 Å². The molecule has 10 heteroatoms. The Morgan fingerprint density at radius 2 is 1.37 bits per heavy atom. The molecular weight excluding hydrogens is 598 g/mol. The largest absolute Gasteiger partial charge is 0.493 e. The van der Waals surface area contributed by atoms with Crippen molar-refractivity contribution in [3.8, 4) is 11.5 Å².